The Kier molecular flexibility index (Phi) is 3.15. The first kappa shape index (κ1) is 8.96. The van der Waals surface area contributed by atoms with E-state index in [1.807, 2.05) is 30.3 Å². The van der Waals surface area contributed by atoms with Crippen LogP contribution in [0, 0.1) is 0 Å². The molecule has 0 amide bonds. The van der Waals surface area contributed by atoms with Crippen molar-refractivity contribution in [1.82, 2.24) is 0 Å². The molecule has 0 heterocycles. The molecular weight excluding hydrogens is 239 g/mol. The third-order valence-electron chi connectivity index (χ3n) is 1.81. The van der Waals surface area contributed by atoms with E-state index in [1.54, 1.807) is 0 Å². The van der Waals surface area contributed by atoms with Gasteiger partial charge in [0.05, 0.1) is 0 Å². The van der Waals surface area contributed by atoms with Crippen LogP contribution < -0.4 is 2.81 Å². The van der Waals surface area contributed by atoms with Crippen LogP contribution in [0.4, 0.5) is 0 Å². The molecule has 1 aromatic rings. The van der Waals surface area contributed by atoms with Crippen LogP contribution in [0.5, 0.6) is 5.75 Å². The molecule has 2 heteroatoms. The van der Waals surface area contributed by atoms with Gasteiger partial charge in [0.15, 0.2) is 0 Å². The molecule has 0 unspecified atom stereocenters. The van der Waals surface area contributed by atoms with Crippen LogP contribution in [0.1, 0.15) is 6.42 Å². The summed E-state index contributed by atoms with van der Waals surface area (Å²) in [6, 6.07) is 10.1. The van der Waals surface area contributed by atoms with Gasteiger partial charge >= 0.3 is 90.5 Å². The topological polar surface area (TPSA) is 9.23 Å². The van der Waals surface area contributed by atoms with Crippen molar-refractivity contribution < 1.29 is 26.5 Å². The van der Waals surface area contributed by atoms with E-state index in [2.05, 4.69) is 18.2 Å². The fraction of sp³-hybridized carbons (Fsp3) is 0.0909. The van der Waals surface area contributed by atoms with Crippen LogP contribution in [0.15, 0.2) is 51.8 Å². The molecule has 0 saturated carbocycles. The van der Waals surface area contributed by atoms with Gasteiger partial charge in [0.2, 0.25) is 0 Å². The zero-order valence-electron chi connectivity index (χ0n) is 7.23. The van der Waals surface area contributed by atoms with Crippen molar-refractivity contribution in [2.45, 2.75) is 6.42 Å². The van der Waals surface area contributed by atoms with E-state index in [0.717, 1.165) is 12.2 Å². The number of hydrogen-bond acceptors (Lipinski definition) is 1. The van der Waals surface area contributed by atoms with Crippen molar-refractivity contribution in [2.75, 3.05) is 0 Å². The molecule has 13 heavy (non-hydrogen) atoms. The van der Waals surface area contributed by atoms with E-state index in [9.17, 15) is 0 Å². The van der Waals surface area contributed by atoms with Gasteiger partial charge in [0.1, 0.15) is 0 Å². The van der Waals surface area contributed by atoms with E-state index >= 15 is 0 Å². The van der Waals surface area contributed by atoms with E-state index in [4.69, 9.17) is 2.81 Å². The molecule has 0 fully saturated rings. The second-order valence-electron chi connectivity index (χ2n) is 2.84. The molecule has 2 rings (SSSR count). The quantitative estimate of drug-likeness (QED) is 0.800. The Morgan fingerprint density at radius 3 is 2.69 bits per heavy atom. The first-order chi connectivity index (χ1) is 6.45. The standard InChI is InChI=1S/C6H6O.C5H5.Zr/c7-6-4-2-1-3-5-6;1-2-4-5-3-1;/h1-5,7H;1-3H,4H2;/q;;+1/p-1. The maximum atomic E-state index is 5.75. The fourth-order valence-corrected chi connectivity index (χ4v) is 2.98. The number of hydrogen-bond donors (Lipinski definition) is 0. The predicted octanol–water partition coefficient (Wildman–Crippen LogP) is 2.91. The van der Waals surface area contributed by atoms with Gasteiger partial charge in [-0.1, -0.05) is 0 Å². The van der Waals surface area contributed by atoms with Crippen LogP contribution in [0.3, 0.4) is 0 Å². The molecule has 1 aromatic carbocycles. The molecular formula is C11H10OZr. The van der Waals surface area contributed by atoms with Crippen LogP contribution in [0.25, 0.3) is 0 Å². The van der Waals surface area contributed by atoms with Gasteiger partial charge in [-0.05, 0) is 0 Å². The van der Waals surface area contributed by atoms with Gasteiger partial charge in [0, 0.05) is 0 Å². The SMILES string of the molecule is C1=CC[C]([Zr][O]c2ccccc2)=C1. The Hall–Kier alpha value is -0.617. The molecule has 0 bridgehead atoms. The van der Waals surface area contributed by atoms with Crippen LogP contribution in [-0.4, -0.2) is 0 Å². The van der Waals surface area contributed by atoms with Gasteiger partial charge in [0.25, 0.3) is 0 Å². The second-order valence-corrected chi connectivity index (χ2v) is 5.42. The summed E-state index contributed by atoms with van der Waals surface area (Å²) < 4.78 is 7.26. The Morgan fingerprint density at radius 2 is 2.00 bits per heavy atom. The summed E-state index contributed by atoms with van der Waals surface area (Å²) in [5, 5.41) is 0. The van der Waals surface area contributed by atoms with Crippen molar-refractivity contribution in [1.29, 1.82) is 0 Å². The molecule has 0 aliphatic heterocycles. The average molecular weight is 249 g/mol. The molecule has 0 saturated heterocycles. The summed E-state index contributed by atoms with van der Waals surface area (Å²) in [5.41, 5.74) is 0. The molecule has 0 atom stereocenters. The first-order valence-corrected chi connectivity index (χ1v) is 6.52. The van der Waals surface area contributed by atoms with Crippen molar-refractivity contribution in [3.63, 3.8) is 0 Å². The molecule has 0 N–H and O–H groups in total. The molecule has 1 aliphatic rings. The zero-order valence-corrected chi connectivity index (χ0v) is 9.69. The number of benzene rings is 1. The molecule has 1 aliphatic carbocycles. The number of rotatable bonds is 3. The molecule has 0 aromatic heterocycles. The van der Waals surface area contributed by atoms with E-state index in [-0.39, 0.29) is 0 Å². The van der Waals surface area contributed by atoms with Gasteiger partial charge < -0.3 is 0 Å². The van der Waals surface area contributed by atoms with Gasteiger partial charge in [-0.2, -0.15) is 0 Å². The Bertz CT molecular complexity index is 327. The number of para-hydroxylation sites is 1. The van der Waals surface area contributed by atoms with Crippen molar-refractivity contribution in [2.24, 2.45) is 0 Å². The van der Waals surface area contributed by atoms with Crippen LogP contribution in [-0.2, 0) is 23.7 Å². The summed E-state index contributed by atoms with van der Waals surface area (Å²) >= 11 is -0.785. The zero-order chi connectivity index (χ0) is 8.93. The van der Waals surface area contributed by atoms with E-state index in [0.29, 0.717) is 0 Å². The normalized spacial score (nSPS) is 14.0. The summed E-state index contributed by atoms with van der Waals surface area (Å²) in [5.74, 6) is 1.02. The first-order valence-electron chi connectivity index (χ1n) is 4.29. The van der Waals surface area contributed by atoms with Crippen molar-refractivity contribution in [3.8, 4) is 5.75 Å². The third kappa shape index (κ3) is 2.67. The van der Waals surface area contributed by atoms with Crippen molar-refractivity contribution in [3.05, 3.63) is 51.8 Å². The van der Waals surface area contributed by atoms with Gasteiger partial charge in [-0.15, -0.1) is 0 Å². The Balaban J connectivity index is 1.87. The molecule has 64 valence electrons. The van der Waals surface area contributed by atoms with Crippen LogP contribution >= 0.6 is 0 Å². The van der Waals surface area contributed by atoms with E-state index < -0.39 is 23.7 Å². The third-order valence-corrected chi connectivity index (χ3v) is 4.20. The molecule has 0 spiro atoms. The monoisotopic (exact) mass is 248 g/mol. The maximum absolute atomic E-state index is 5.75. The Morgan fingerprint density at radius 1 is 1.15 bits per heavy atom. The fourth-order valence-electron chi connectivity index (χ4n) is 1.14. The molecule has 1 nitrogen and oxygen atoms in total. The average Bonchev–Trinajstić information content (AvgIpc) is 2.69. The van der Waals surface area contributed by atoms with Crippen LogP contribution in [0.2, 0.25) is 0 Å². The van der Waals surface area contributed by atoms with E-state index in [1.165, 1.54) is 3.28 Å². The number of allylic oxidation sites excluding steroid dienone is 4. The minimum atomic E-state index is -0.785. The molecule has 0 radical (unpaired) electrons. The van der Waals surface area contributed by atoms with Gasteiger partial charge in [-0.3, -0.25) is 0 Å². The summed E-state index contributed by atoms with van der Waals surface area (Å²) in [6.45, 7) is 0. The van der Waals surface area contributed by atoms with Crippen molar-refractivity contribution >= 4 is 0 Å². The predicted molar refractivity (Wildman–Crippen MR) is 48.9 cm³/mol. The Labute approximate surface area is 90.3 Å². The van der Waals surface area contributed by atoms with Gasteiger partial charge in [-0.25, -0.2) is 0 Å². The summed E-state index contributed by atoms with van der Waals surface area (Å²) in [6.07, 6.45) is 7.60. The minimum absolute atomic E-state index is 0.785. The second kappa shape index (κ2) is 4.57. The summed E-state index contributed by atoms with van der Waals surface area (Å²) in [7, 11) is 0. The summed E-state index contributed by atoms with van der Waals surface area (Å²) in [4.78, 5) is 0.